The van der Waals surface area contributed by atoms with E-state index in [1.807, 2.05) is 30.9 Å². The van der Waals surface area contributed by atoms with Crippen LogP contribution in [0.1, 0.15) is 30.9 Å². The molecule has 1 unspecified atom stereocenters. The van der Waals surface area contributed by atoms with Crippen molar-refractivity contribution in [2.75, 3.05) is 18.4 Å². The Kier molecular flexibility index (Phi) is 4.50. The summed E-state index contributed by atoms with van der Waals surface area (Å²) in [5, 5.41) is 3.01. The minimum Gasteiger partial charge on any atom is -0.324 e. The van der Waals surface area contributed by atoms with E-state index in [-0.39, 0.29) is 6.03 Å². The molecule has 1 aromatic carbocycles. The van der Waals surface area contributed by atoms with E-state index in [0.29, 0.717) is 5.92 Å². The second-order valence-electron chi connectivity index (χ2n) is 5.55. The van der Waals surface area contributed by atoms with Gasteiger partial charge in [0.15, 0.2) is 0 Å². The van der Waals surface area contributed by atoms with Crippen LogP contribution in [0.3, 0.4) is 0 Å². The van der Waals surface area contributed by atoms with Crippen molar-refractivity contribution in [2.45, 2.75) is 33.6 Å². The number of aryl methyl sites for hydroxylation is 2. The van der Waals surface area contributed by atoms with Crippen molar-refractivity contribution in [2.24, 2.45) is 5.92 Å². The van der Waals surface area contributed by atoms with Gasteiger partial charge in [-0.05, 0) is 55.9 Å². The second kappa shape index (κ2) is 5.95. The van der Waals surface area contributed by atoms with Gasteiger partial charge in [-0.1, -0.05) is 22.9 Å². The first kappa shape index (κ1) is 14.4. The molecule has 1 aliphatic heterocycles. The molecule has 0 radical (unpaired) electrons. The standard InChI is InChI=1S/C15H21BrN2O/c1-10-5-4-6-18(9-10)15(19)17-13-7-11(2)14(16)12(3)8-13/h7-8,10H,4-6,9H2,1-3H3,(H,17,19). The zero-order valence-electron chi connectivity index (χ0n) is 11.8. The highest BCUT2D eigenvalue weighted by atomic mass is 79.9. The Balaban J connectivity index is 2.06. The monoisotopic (exact) mass is 324 g/mol. The predicted octanol–water partition coefficient (Wildman–Crippen LogP) is 4.33. The van der Waals surface area contributed by atoms with Crippen LogP contribution in [-0.4, -0.2) is 24.0 Å². The van der Waals surface area contributed by atoms with Crippen molar-refractivity contribution in [3.05, 3.63) is 27.7 Å². The van der Waals surface area contributed by atoms with Crippen molar-refractivity contribution in [3.8, 4) is 0 Å². The summed E-state index contributed by atoms with van der Waals surface area (Å²) in [6, 6.07) is 4.03. The topological polar surface area (TPSA) is 32.3 Å². The third-order valence-electron chi connectivity index (χ3n) is 3.63. The van der Waals surface area contributed by atoms with E-state index in [1.54, 1.807) is 0 Å². The van der Waals surface area contributed by atoms with Crippen molar-refractivity contribution in [1.82, 2.24) is 4.90 Å². The van der Waals surface area contributed by atoms with E-state index in [9.17, 15) is 4.79 Å². The van der Waals surface area contributed by atoms with Gasteiger partial charge in [0.1, 0.15) is 0 Å². The first-order valence-corrected chi connectivity index (χ1v) is 7.59. The molecule has 1 aliphatic rings. The molecule has 1 heterocycles. The predicted molar refractivity (Wildman–Crippen MR) is 82.6 cm³/mol. The molecule has 1 atom stereocenters. The number of benzene rings is 1. The van der Waals surface area contributed by atoms with E-state index in [4.69, 9.17) is 0 Å². The molecular formula is C15H21BrN2O. The van der Waals surface area contributed by atoms with Crippen LogP contribution in [0.25, 0.3) is 0 Å². The first-order valence-electron chi connectivity index (χ1n) is 6.80. The lowest BCUT2D eigenvalue weighted by Crippen LogP contribution is -2.41. The highest BCUT2D eigenvalue weighted by Crippen LogP contribution is 2.25. The summed E-state index contributed by atoms with van der Waals surface area (Å²) in [5.74, 6) is 0.605. The number of amides is 2. The number of carbonyl (C=O) groups excluding carboxylic acids is 1. The fraction of sp³-hybridized carbons (Fsp3) is 0.533. The number of anilines is 1. The van der Waals surface area contributed by atoms with Crippen LogP contribution in [-0.2, 0) is 0 Å². The number of piperidine rings is 1. The molecule has 0 aromatic heterocycles. The Morgan fingerprint density at radius 1 is 1.37 bits per heavy atom. The Morgan fingerprint density at radius 2 is 2.00 bits per heavy atom. The molecule has 2 amide bonds. The van der Waals surface area contributed by atoms with Crippen LogP contribution in [0, 0.1) is 19.8 Å². The van der Waals surface area contributed by atoms with E-state index in [0.717, 1.165) is 40.8 Å². The van der Waals surface area contributed by atoms with Gasteiger partial charge in [0, 0.05) is 23.2 Å². The Labute approximate surface area is 123 Å². The molecule has 2 rings (SSSR count). The Morgan fingerprint density at radius 3 is 2.58 bits per heavy atom. The summed E-state index contributed by atoms with van der Waals surface area (Å²) in [6.45, 7) is 8.00. The number of rotatable bonds is 1. The smallest absolute Gasteiger partial charge is 0.321 e. The summed E-state index contributed by atoms with van der Waals surface area (Å²) in [7, 11) is 0. The highest BCUT2D eigenvalue weighted by molar-refractivity contribution is 9.10. The van der Waals surface area contributed by atoms with Gasteiger partial charge in [-0.15, -0.1) is 0 Å². The maximum absolute atomic E-state index is 12.2. The van der Waals surface area contributed by atoms with Crippen LogP contribution in [0.15, 0.2) is 16.6 Å². The fourth-order valence-electron chi connectivity index (χ4n) is 2.59. The molecule has 19 heavy (non-hydrogen) atoms. The quantitative estimate of drug-likeness (QED) is 0.819. The van der Waals surface area contributed by atoms with Crippen molar-refractivity contribution in [1.29, 1.82) is 0 Å². The van der Waals surface area contributed by atoms with Crippen LogP contribution < -0.4 is 5.32 Å². The number of hydrogen-bond acceptors (Lipinski definition) is 1. The zero-order valence-corrected chi connectivity index (χ0v) is 13.4. The molecule has 0 saturated carbocycles. The van der Waals surface area contributed by atoms with Gasteiger partial charge in [-0.25, -0.2) is 4.79 Å². The summed E-state index contributed by atoms with van der Waals surface area (Å²) < 4.78 is 1.11. The number of likely N-dealkylation sites (tertiary alicyclic amines) is 1. The van der Waals surface area contributed by atoms with Gasteiger partial charge in [-0.2, -0.15) is 0 Å². The highest BCUT2D eigenvalue weighted by Gasteiger charge is 2.21. The lowest BCUT2D eigenvalue weighted by molar-refractivity contribution is 0.182. The number of halogens is 1. The molecule has 104 valence electrons. The molecular weight excluding hydrogens is 304 g/mol. The number of nitrogens with zero attached hydrogens (tertiary/aromatic N) is 1. The third kappa shape index (κ3) is 3.50. The van der Waals surface area contributed by atoms with Crippen LogP contribution in [0.5, 0.6) is 0 Å². The lowest BCUT2D eigenvalue weighted by atomic mass is 10.0. The Hall–Kier alpha value is -1.03. The SMILES string of the molecule is Cc1cc(NC(=O)N2CCCC(C)C2)cc(C)c1Br. The molecule has 1 aromatic rings. The molecule has 0 bridgehead atoms. The van der Waals surface area contributed by atoms with Gasteiger partial charge in [0.05, 0.1) is 0 Å². The summed E-state index contributed by atoms with van der Waals surface area (Å²) in [5.41, 5.74) is 3.16. The normalized spacial score (nSPS) is 19.4. The van der Waals surface area contributed by atoms with E-state index in [1.165, 1.54) is 6.42 Å². The lowest BCUT2D eigenvalue weighted by Gasteiger charge is -2.31. The van der Waals surface area contributed by atoms with Crippen molar-refractivity contribution >= 4 is 27.6 Å². The molecule has 0 aliphatic carbocycles. The van der Waals surface area contributed by atoms with Gasteiger partial charge in [0.2, 0.25) is 0 Å². The average molecular weight is 325 g/mol. The zero-order chi connectivity index (χ0) is 14.0. The van der Waals surface area contributed by atoms with E-state index in [2.05, 4.69) is 28.2 Å². The second-order valence-corrected chi connectivity index (χ2v) is 6.34. The van der Waals surface area contributed by atoms with Gasteiger partial charge >= 0.3 is 6.03 Å². The summed E-state index contributed by atoms with van der Waals surface area (Å²) in [4.78, 5) is 14.1. The number of urea groups is 1. The molecule has 1 N–H and O–H groups in total. The maximum Gasteiger partial charge on any atom is 0.321 e. The van der Waals surface area contributed by atoms with Crippen LogP contribution >= 0.6 is 15.9 Å². The molecule has 1 fully saturated rings. The van der Waals surface area contributed by atoms with Gasteiger partial charge < -0.3 is 10.2 Å². The number of carbonyl (C=O) groups is 1. The number of hydrogen-bond donors (Lipinski definition) is 1. The maximum atomic E-state index is 12.2. The Bertz CT molecular complexity index is 464. The van der Waals surface area contributed by atoms with Crippen molar-refractivity contribution in [3.63, 3.8) is 0 Å². The fourth-order valence-corrected chi connectivity index (χ4v) is 2.82. The van der Waals surface area contributed by atoms with Crippen LogP contribution in [0.4, 0.5) is 10.5 Å². The summed E-state index contributed by atoms with van der Waals surface area (Å²) in [6.07, 6.45) is 2.33. The van der Waals surface area contributed by atoms with Gasteiger partial charge in [0.25, 0.3) is 0 Å². The number of nitrogens with one attached hydrogen (secondary N) is 1. The first-order chi connectivity index (χ1) is 8.97. The average Bonchev–Trinajstić information content (AvgIpc) is 2.36. The molecule has 0 spiro atoms. The van der Waals surface area contributed by atoms with Crippen molar-refractivity contribution < 1.29 is 4.79 Å². The van der Waals surface area contributed by atoms with E-state index >= 15 is 0 Å². The van der Waals surface area contributed by atoms with Gasteiger partial charge in [-0.3, -0.25) is 0 Å². The molecule has 1 saturated heterocycles. The van der Waals surface area contributed by atoms with Crippen LogP contribution in [0.2, 0.25) is 0 Å². The molecule has 4 heteroatoms. The summed E-state index contributed by atoms with van der Waals surface area (Å²) >= 11 is 3.54. The minimum absolute atomic E-state index is 0.0210. The minimum atomic E-state index is 0.0210. The molecule has 3 nitrogen and oxygen atoms in total. The largest absolute Gasteiger partial charge is 0.324 e. The van der Waals surface area contributed by atoms with E-state index < -0.39 is 0 Å². The third-order valence-corrected chi connectivity index (χ3v) is 4.88.